The summed E-state index contributed by atoms with van der Waals surface area (Å²) in [6.45, 7) is 5.39. The second kappa shape index (κ2) is 6.45. The Bertz CT molecular complexity index is 738. The second-order valence-electron chi connectivity index (χ2n) is 6.71. The van der Waals surface area contributed by atoms with Gasteiger partial charge < -0.3 is 5.73 Å². The van der Waals surface area contributed by atoms with Gasteiger partial charge in [-0.2, -0.15) is 4.72 Å². The van der Waals surface area contributed by atoms with E-state index in [4.69, 9.17) is 5.73 Å². The molecule has 1 unspecified atom stereocenters. The van der Waals surface area contributed by atoms with E-state index >= 15 is 0 Å². The molecule has 0 heterocycles. The van der Waals surface area contributed by atoms with E-state index in [1.807, 2.05) is 38.1 Å². The highest BCUT2D eigenvalue weighted by molar-refractivity contribution is 7.93. The van der Waals surface area contributed by atoms with Gasteiger partial charge in [0.1, 0.15) is 5.54 Å². The number of allylic oxidation sites excluding steroid dienone is 1. The summed E-state index contributed by atoms with van der Waals surface area (Å²) in [6, 6.07) is 7.71. The summed E-state index contributed by atoms with van der Waals surface area (Å²) in [6.07, 6.45) is 3.12. The fourth-order valence-corrected chi connectivity index (χ4v) is 4.55. The number of nitrogens with two attached hydrogens (primary N) is 1. The van der Waals surface area contributed by atoms with Crippen molar-refractivity contribution >= 4 is 22.0 Å². The van der Waals surface area contributed by atoms with E-state index in [-0.39, 0.29) is 5.92 Å². The number of carbonyl (C=O) groups excluding carboxylic acids is 1. The van der Waals surface area contributed by atoms with Gasteiger partial charge in [0.25, 0.3) is 0 Å². The van der Waals surface area contributed by atoms with E-state index in [2.05, 4.69) is 4.72 Å². The van der Waals surface area contributed by atoms with Crippen molar-refractivity contribution in [2.24, 2.45) is 11.7 Å². The van der Waals surface area contributed by atoms with Crippen LogP contribution in [0.3, 0.4) is 0 Å². The number of carbonyl (C=O) groups is 1. The van der Waals surface area contributed by atoms with Gasteiger partial charge in [-0.3, -0.25) is 4.79 Å². The van der Waals surface area contributed by atoms with Crippen molar-refractivity contribution in [3.05, 3.63) is 40.3 Å². The molecule has 0 aliphatic heterocycles. The van der Waals surface area contributed by atoms with Crippen LogP contribution in [-0.2, 0) is 21.2 Å². The minimum absolute atomic E-state index is 0.135. The molecule has 1 aromatic carbocycles. The van der Waals surface area contributed by atoms with E-state index in [0.717, 1.165) is 11.1 Å². The van der Waals surface area contributed by atoms with Crippen LogP contribution in [0.25, 0.3) is 6.08 Å². The van der Waals surface area contributed by atoms with Gasteiger partial charge in [-0.05, 0) is 49.3 Å². The van der Waals surface area contributed by atoms with Crippen LogP contribution in [0, 0.1) is 5.92 Å². The van der Waals surface area contributed by atoms with Crippen LogP contribution in [0.5, 0.6) is 0 Å². The molecule has 5 nitrogen and oxygen atoms in total. The van der Waals surface area contributed by atoms with Gasteiger partial charge in [0.05, 0.1) is 4.91 Å². The maximum atomic E-state index is 12.7. The van der Waals surface area contributed by atoms with Crippen molar-refractivity contribution in [3.8, 4) is 0 Å². The van der Waals surface area contributed by atoms with Crippen LogP contribution < -0.4 is 10.5 Å². The van der Waals surface area contributed by atoms with Gasteiger partial charge in [0.2, 0.25) is 15.9 Å². The standard InChI is InChI=1S/C17H24N2O3S/c1-12(2)11-17(3,16(18)20)19-23(21,22)15-9-8-13-6-4-5-7-14(13)10-15/h4-7,10,12,19H,8-9,11H2,1-3H3,(H2,18,20). The highest BCUT2D eigenvalue weighted by atomic mass is 32.2. The van der Waals surface area contributed by atoms with Crippen LogP contribution in [-0.4, -0.2) is 19.9 Å². The maximum Gasteiger partial charge on any atom is 0.238 e. The molecule has 0 saturated carbocycles. The van der Waals surface area contributed by atoms with Crippen LogP contribution in [0.15, 0.2) is 29.2 Å². The number of rotatable bonds is 6. The zero-order valence-electron chi connectivity index (χ0n) is 13.8. The number of hydrogen-bond acceptors (Lipinski definition) is 3. The lowest BCUT2D eigenvalue weighted by Crippen LogP contribution is -2.56. The van der Waals surface area contributed by atoms with E-state index in [0.29, 0.717) is 24.2 Å². The Balaban J connectivity index is 2.32. The molecular formula is C17H24N2O3S. The van der Waals surface area contributed by atoms with Crippen molar-refractivity contribution in [1.29, 1.82) is 0 Å². The number of nitrogens with one attached hydrogen (secondary N) is 1. The Labute approximate surface area is 138 Å². The molecule has 0 radical (unpaired) electrons. The van der Waals surface area contributed by atoms with Gasteiger partial charge in [-0.1, -0.05) is 38.1 Å². The first kappa shape index (κ1) is 17.7. The number of sulfonamides is 1. The van der Waals surface area contributed by atoms with Crippen molar-refractivity contribution in [2.75, 3.05) is 0 Å². The minimum atomic E-state index is -3.76. The third-order valence-electron chi connectivity index (χ3n) is 4.08. The SMILES string of the molecule is CC(C)CC(C)(NS(=O)(=O)C1=Cc2ccccc2CC1)C(N)=O. The molecule has 1 aliphatic rings. The Morgan fingerprint density at radius 2 is 1.96 bits per heavy atom. The zero-order chi connectivity index (χ0) is 17.3. The summed E-state index contributed by atoms with van der Waals surface area (Å²) in [5, 5.41) is 0. The summed E-state index contributed by atoms with van der Waals surface area (Å²) in [5.74, 6) is -0.525. The quantitative estimate of drug-likeness (QED) is 0.834. The first-order valence-electron chi connectivity index (χ1n) is 7.76. The third kappa shape index (κ3) is 4.00. The number of primary amides is 1. The molecule has 1 aliphatic carbocycles. The van der Waals surface area contributed by atoms with E-state index in [1.54, 1.807) is 13.0 Å². The molecule has 1 aromatic rings. The molecule has 0 spiro atoms. The van der Waals surface area contributed by atoms with Gasteiger partial charge in [0, 0.05) is 0 Å². The molecule has 6 heteroatoms. The topological polar surface area (TPSA) is 89.3 Å². The predicted octanol–water partition coefficient (Wildman–Crippen LogP) is 2.18. The summed E-state index contributed by atoms with van der Waals surface area (Å²) in [7, 11) is -3.76. The minimum Gasteiger partial charge on any atom is -0.368 e. The maximum absolute atomic E-state index is 12.7. The predicted molar refractivity (Wildman–Crippen MR) is 91.8 cm³/mol. The van der Waals surface area contributed by atoms with E-state index in [9.17, 15) is 13.2 Å². The summed E-state index contributed by atoms with van der Waals surface area (Å²) < 4.78 is 28.0. The molecule has 1 atom stereocenters. The molecule has 0 aromatic heterocycles. The Morgan fingerprint density at radius 3 is 2.57 bits per heavy atom. The van der Waals surface area contributed by atoms with Crippen molar-refractivity contribution in [1.82, 2.24) is 4.72 Å². The Hall–Kier alpha value is -1.66. The van der Waals surface area contributed by atoms with E-state index in [1.165, 1.54) is 0 Å². The van der Waals surface area contributed by atoms with Crippen LogP contribution in [0.1, 0.15) is 44.7 Å². The van der Waals surface area contributed by atoms with Gasteiger partial charge in [-0.15, -0.1) is 0 Å². The number of fused-ring (bicyclic) bond motifs is 1. The van der Waals surface area contributed by atoms with Crippen molar-refractivity contribution < 1.29 is 13.2 Å². The van der Waals surface area contributed by atoms with Crippen LogP contribution >= 0.6 is 0 Å². The fraction of sp³-hybridized carbons (Fsp3) is 0.471. The largest absolute Gasteiger partial charge is 0.368 e. The molecule has 1 amide bonds. The Morgan fingerprint density at radius 1 is 1.30 bits per heavy atom. The van der Waals surface area contributed by atoms with Crippen LogP contribution in [0.4, 0.5) is 0 Å². The second-order valence-corrected chi connectivity index (χ2v) is 8.44. The average Bonchev–Trinajstić information content (AvgIpc) is 2.45. The molecular weight excluding hydrogens is 312 g/mol. The summed E-state index contributed by atoms with van der Waals surface area (Å²) in [5.41, 5.74) is 6.20. The highest BCUT2D eigenvalue weighted by Gasteiger charge is 2.37. The highest BCUT2D eigenvalue weighted by Crippen LogP contribution is 2.28. The number of hydrogen-bond donors (Lipinski definition) is 2. The average molecular weight is 336 g/mol. The number of benzene rings is 1. The Kier molecular flexibility index (Phi) is 4.96. The smallest absolute Gasteiger partial charge is 0.238 e. The number of aryl methyl sites for hydroxylation is 1. The number of amides is 1. The molecule has 0 bridgehead atoms. The van der Waals surface area contributed by atoms with Gasteiger partial charge >= 0.3 is 0 Å². The molecule has 23 heavy (non-hydrogen) atoms. The van der Waals surface area contributed by atoms with E-state index < -0.39 is 21.5 Å². The fourth-order valence-electron chi connectivity index (χ4n) is 2.99. The normalized spacial score (nSPS) is 17.3. The monoisotopic (exact) mass is 336 g/mol. The lowest BCUT2D eigenvalue weighted by molar-refractivity contribution is -0.123. The van der Waals surface area contributed by atoms with Crippen molar-refractivity contribution in [3.63, 3.8) is 0 Å². The van der Waals surface area contributed by atoms with Crippen molar-refractivity contribution in [2.45, 2.75) is 45.6 Å². The lowest BCUT2D eigenvalue weighted by Gasteiger charge is -2.30. The first-order chi connectivity index (χ1) is 10.6. The molecule has 126 valence electrons. The molecule has 2 rings (SSSR count). The molecule has 0 fully saturated rings. The first-order valence-corrected chi connectivity index (χ1v) is 9.25. The van der Waals surface area contributed by atoms with Gasteiger partial charge in [-0.25, -0.2) is 8.42 Å². The molecule has 0 saturated heterocycles. The third-order valence-corrected chi connectivity index (χ3v) is 5.81. The lowest BCUT2D eigenvalue weighted by atomic mass is 9.91. The summed E-state index contributed by atoms with van der Waals surface area (Å²) >= 11 is 0. The van der Waals surface area contributed by atoms with Crippen LogP contribution in [0.2, 0.25) is 0 Å². The molecule has 3 N–H and O–H groups in total. The zero-order valence-corrected chi connectivity index (χ0v) is 14.6. The summed E-state index contributed by atoms with van der Waals surface area (Å²) in [4.78, 5) is 12.1. The van der Waals surface area contributed by atoms with Gasteiger partial charge in [0.15, 0.2) is 0 Å².